The molecule has 19 heavy (non-hydrogen) atoms. The van der Waals surface area contributed by atoms with Gasteiger partial charge in [-0.1, -0.05) is 6.07 Å². The second kappa shape index (κ2) is 6.05. The minimum atomic E-state index is 0.000839. The van der Waals surface area contributed by atoms with Gasteiger partial charge in [0.25, 0.3) is 0 Å². The SMILES string of the molecule is COc1cc(C)c(C(NN)c2cc(Br)cs2)cc1C. The molecule has 3 nitrogen and oxygen atoms in total. The van der Waals surface area contributed by atoms with Crippen molar-refractivity contribution in [3.05, 3.63) is 49.6 Å². The van der Waals surface area contributed by atoms with Crippen LogP contribution in [0.5, 0.6) is 5.75 Å². The zero-order chi connectivity index (χ0) is 14.0. The van der Waals surface area contributed by atoms with Gasteiger partial charge in [-0.05, 0) is 58.6 Å². The van der Waals surface area contributed by atoms with E-state index < -0.39 is 0 Å². The number of ether oxygens (including phenoxy) is 1. The molecule has 1 heterocycles. The van der Waals surface area contributed by atoms with Crippen molar-refractivity contribution in [3.8, 4) is 5.75 Å². The molecule has 1 aromatic carbocycles. The van der Waals surface area contributed by atoms with E-state index in [4.69, 9.17) is 10.6 Å². The number of thiophene rings is 1. The molecule has 0 aliphatic carbocycles. The molecule has 102 valence electrons. The summed E-state index contributed by atoms with van der Waals surface area (Å²) in [5, 5.41) is 2.06. The predicted octanol–water partition coefficient (Wildman–Crippen LogP) is 3.69. The summed E-state index contributed by atoms with van der Waals surface area (Å²) in [6, 6.07) is 6.28. The van der Waals surface area contributed by atoms with Gasteiger partial charge < -0.3 is 4.74 Å². The standard InChI is InChI=1S/C14H17BrN2OS/c1-8-5-12(18-3)9(2)4-11(8)14(17-16)13-6-10(15)7-19-13/h4-7,14,17H,16H2,1-3H3. The highest BCUT2D eigenvalue weighted by Crippen LogP contribution is 2.33. The summed E-state index contributed by atoms with van der Waals surface area (Å²) in [7, 11) is 1.69. The lowest BCUT2D eigenvalue weighted by atomic mass is 9.97. The number of benzene rings is 1. The normalized spacial score (nSPS) is 12.5. The van der Waals surface area contributed by atoms with Gasteiger partial charge in [-0.25, -0.2) is 5.43 Å². The van der Waals surface area contributed by atoms with Gasteiger partial charge in [0.1, 0.15) is 5.75 Å². The molecule has 1 aromatic heterocycles. The van der Waals surface area contributed by atoms with E-state index in [0.717, 1.165) is 21.3 Å². The number of halogens is 1. The van der Waals surface area contributed by atoms with Crippen molar-refractivity contribution in [2.45, 2.75) is 19.9 Å². The third-order valence-corrected chi connectivity index (χ3v) is 4.89. The van der Waals surface area contributed by atoms with Crippen LogP contribution in [0.15, 0.2) is 28.1 Å². The predicted molar refractivity (Wildman–Crippen MR) is 83.7 cm³/mol. The van der Waals surface area contributed by atoms with Gasteiger partial charge >= 0.3 is 0 Å². The van der Waals surface area contributed by atoms with Gasteiger partial charge in [0, 0.05) is 14.7 Å². The molecule has 0 saturated heterocycles. The summed E-state index contributed by atoms with van der Waals surface area (Å²) < 4.78 is 6.43. The fourth-order valence-electron chi connectivity index (χ4n) is 2.15. The number of nitrogens with one attached hydrogen (secondary N) is 1. The number of methoxy groups -OCH3 is 1. The van der Waals surface area contributed by atoms with Crippen molar-refractivity contribution < 1.29 is 4.74 Å². The van der Waals surface area contributed by atoms with Gasteiger partial charge in [-0.3, -0.25) is 5.84 Å². The summed E-state index contributed by atoms with van der Waals surface area (Å²) in [4.78, 5) is 1.18. The van der Waals surface area contributed by atoms with E-state index in [1.54, 1.807) is 18.4 Å². The molecule has 0 saturated carbocycles. The Labute approximate surface area is 125 Å². The van der Waals surface area contributed by atoms with E-state index in [1.807, 2.05) is 6.92 Å². The third-order valence-electron chi connectivity index (χ3n) is 3.13. The van der Waals surface area contributed by atoms with Gasteiger partial charge in [-0.15, -0.1) is 11.3 Å². The Bertz CT molecular complexity index is 583. The average Bonchev–Trinajstić information content (AvgIpc) is 2.80. The summed E-state index contributed by atoms with van der Waals surface area (Å²) in [6.07, 6.45) is 0. The molecule has 5 heteroatoms. The average molecular weight is 341 g/mol. The second-order valence-corrected chi connectivity index (χ2v) is 6.30. The Morgan fingerprint density at radius 1 is 1.26 bits per heavy atom. The van der Waals surface area contributed by atoms with Crippen LogP contribution in [0.25, 0.3) is 0 Å². The van der Waals surface area contributed by atoms with Crippen LogP contribution >= 0.6 is 27.3 Å². The molecule has 0 radical (unpaired) electrons. The molecule has 0 fully saturated rings. The molecule has 2 aromatic rings. The first kappa shape index (κ1) is 14.5. The molecular formula is C14H17BrN2OS. The Hall–Kier alpha value is -0.880. The summed E-state index contributed by atoms with van der Waals surface area (Å²) in [5.74, 6) is 6.65. The van der Waals surface area contributed by atoms with Crippen molar-refractivity contribution >= 4 is 27.3 Å². The van der Waals surface area contributed by atoms with Crippen LogP contribution in [-0.2, 0) is 0 Å². The smallest absolute Gasteiger partial charge is 0.122 e. The number of hydrogen-bond acceptors (Lipinski definition) is 4. The van der Waals surface area contributed by atoms with Crippen LogP contribution in [0.1, 0.15) is 27.6 Å². The number of hydrazine groups is 1. The summed E-state index contributed by atoms with van der Waals surface area (Å²) in [5.41, 5.74) is 6.35. The van der Waals surface area contributed by atoms with E-state index in [0.29, 0.717) is 0 Å². The number of rotatable bonds is 4. The van der Waals surface area contributed by atoms with Crippen LogP contribution < -0.4 is 16.0 Å². The minimum absolute atomic E-state index is 0.000839. The van der Waals surface area contributed by atoms with Gasteiger partial charge in [0.2, 0.25) is 0 Å². The first-order chi connectivity index (χ1) is 9.06. The van der Waals surface area contributed by atoms with Crippen LogP contribution in [-0.4, -0.2) is 7.11 Å². The quantitative estimate of drug-likeness (QED) is 0.659. The highest BCUT2D eigenvalue weighted by atomic mass is 79.9. The fourth-order valence-corrected chi connectivity index (χ4v) is 3.67. The molecule has 0 aliphatic heterocycles. The summed E-state index contributed by atoms with van der Waals surface area (Å²) >= 11 is 5.16. The lowest BCUT2D eigenvalue weighted by Crippen LogP contribution is -2.28. The zero-order valence-corrected chi connectivity index (χ0v) is 13.6. The Balaban J connectivity index is 2.47. The molecule has 1 atom stereocenters. The zero-order valence-electron chi connectivity index (χ0n) is 11.2. The Kier molecular flexibility index (Phi) is 4.62. The molecule has 1 unspecified atom stereocenters. The van der Waals surface area contributed by atoms with Crippen LogP contribution in [0.2, 0.25) is 0 Å². The molecule has 2 rings (SSSR count). The first-order valence-corrected chi connectivity index (χ1v) is 7.59. The van der Waals surface area contributed by atoms with Crippen LogP contribution in [0.3, 0.4) is 0 Å². The van der Waals surface area contributed by atoms with Crippen LogP contribution in [0.4, 0.5) is 0 Å². The molecule has 0 bridgehead atoms. The minimum Gasteiger partial charge on any atom is -0.496 e. The molecule has 0 amide bonds. The van der Waals surface area contributed by atoms with Crippen molar-refractivity contribution in [1.82, 2.24) is 5.43 Å². The highest BCUT2D eigenvalue weighted by Gasteiger charge is 2.18. The number of hydrogen-bond donors (Lipinski definition) is 2. The highest BCUT2D eigenvalue weighted by molar-refractivity contribution is 9.10. The van der Waals surface area contributed by atoms with Crippen LogP contribution in [0, 0.1) is 13.8 Å². The Morgan fingerprint density at radius 3 is 2.53 bits per heavy atom. The fraction of sp³-hybridized carbons (Fsp3) is 0.286. The van der Waals surface area contributed by atoms with Crippen molar-refractivity contribution in [3.63, 3.8) is 0 Å². The van der Waals surface area contributed by atoms with Gasteiger partial charge in [-0.2, -0.15) is 0 Å². The Morgan fingerprint density at radius 2 is 2.00 bits per heavy atom. The monoisotopic (exact) mass is 340 g/mol. The van der Waals surface area contributed by atoms with E-state index in [-0.39, 0.29) is 6.04 Å². The second-order valence-electron chi connectivity index (χ2n) is 4.45. The largest absolute Gasteiger partial charge is 0.496 e. The topological polar surface area (TPSA) is 47.3 Å². The molecule has 0 aliphatic rings. The van der Waals surface area contributed by atoms with Crippen molar-refractivity contribution in [2.75, 3.05) is 7.11 Å². The van der Waals surface area contributed by atoms with Crippen molar-refractivity contribution in [1.29, 1.82) is 0 Å². The van der Waals surface area contributed by atoms with E-state index in [1.165, 1.54) is 10.4 Å². The molecular weight excluding hydrogens is 324 g/mol. The van der Waals surface area contributed by atoms with Gasteiger partial charge in [0.15, 0.2) is 0 Å². The van der Waals surface area contributed by atoms with E-state index >= 15 is 0 Å². The lowest BCUT2D eigenvalue weighted by Gasteiger charge is -2.19. The third kappa shape index (κ3) is 3.00. The lowest BCUT2D eigenvalue weighted by molar-refractivity contribution is 0.411. The maximum atomic E-state index is 5.75. The number of aryl methyl sites for hydroxylation is 2. The summed E-state index contributed by atoms with van der Waals surface area (Å²) in [6.45, 7) is 4.12. The van der Waals surface area contributed by atoms with Crippen molar-refractivity contribution in [2.24, 2.45) is 5.84 Å². The maximum Gasteiger partial charge on any atom is 0.122 e. The number of nitrogens with two attached hydrogens (primary N) is 1. The van der Waals surface area contributed by atoms with E-state index in [9.17, 15) is 0 Å². The maximum absolute atomic E-state index is 5.75. The first-order valence-electron chi connectivity index (χ1n) is 5.92. The van der Waals surface area contributed by atoms with Gasteiger partial charge in [0.05, 0.1) is 13.2 Å². The molecule has 3 N–H and O–H groups in total. The van der Waals surface area contributed by atoms with E-state index in [2.05, 4.69) is 51.9 Å². The molecule has 0 spiro atoms.